The molecule has 1 aromatic rings. The van der Waals surface area contributed by atoms with Crippen LogP contribution in [-0.4, -0.2) is 44.4 Å². The number of amides is 1. The number of nitrogens with zero attached hydrogens (tertiary/aromatic N) is 2. The summed E-state index contributed by atoms with van der Waals surface area (Å²) in [6, 6.07) is -0.0462. The van der Waals surface area contributed by atoms with Crippen molar-refractivity contribution in [1.82, 2.24) is 14.9 Å². The van der Waals surface area contributed by atoms with E-state index in [-0.39, 0.29) is 24.9 Å². The molecule has 1 heterocycles. The van der Waals surface area contributed by atoms with Gasteiger partial charge in [-0.1, -0.05) is 0 Å². The van der Waals surface area contributed by atoms with Crippen molar-refractivity contribution in [3.8, 4) is 0 Å². The number of hydrogen-bond acceptors (Lipinski definition) is 3. The zero-order chi connectivity index (χ0) is 12.1. The summed E-state index contributed by atoms with van der Waals surface area (Å²) in [7, 11) is 0. The molecule has 0 saturated carbocycles. The van der Waals surface area contributed by atoms with Crippen LogP contribution in [0.25, 0.3) is 0 Å². The van der Waals surface area contributed by atoms with Gasteiger partial charge in [0.05, 0.1) is 18.9 Å². The maximum atomic E-state index is 11.9. The summed E-state index contributed by atoms with van der Waals surface area (Å²) in [4.78, 5) is 30.4. The molecule has 1 aromatic heterocycles. The highest BCUT2D eigenvalue weighted by Crippen LogP contribution is 2.06. The fourth-order valence-electron chi connectivity index (χ4n) is 1.34. The van der Waals surface area contributed by atoms with E-state index in [1.54, 1.807) is 0 Å². The first-order chi connectivity index (χ1) is 7.52. The second-order valence-corrected chi connectivity index (χ2v) is 3.70. The van der Waals surface area contributed by atoms with Gasteiger partial charge in [-0.2, -0.15) is 0 Å². The Bertz CT molecular complexity index is 359. The number of carboxylic acids is 1. The molecule has 0 aromatic carbocycles. The largest absolute Gasteiger partial charge is 0.481 e. The fourth-order valence-corrected chi connectivity index (χ4v) is 1.34. The molecule has 0 saturated heterocycles. The van der Waals surface area contributed by atoms with Gasteiger partial charge in [0.1, 0.15) is 5.69 Å². The lowest BCUT2D eigenvalue weighted by atomic mass is 10.2. The molecular formula is C10H15N3O3. The minimum absolute atomic E-state index is 0.0462. The lowest BCUT2D eigenvalue weighted by molar-refractivity contribution is -0.137. The Kier molecular flexibility index (Phi) is 4.04. The number of H-pyrrole nitrogens is 1. The predicted octanol–water partition coefficient (Wildman–Crippen LogP) is 0.735. The van der Waals surface area contributed by atoms with Crippen LogP contribution < -0.4 is 0 Å². The number of carbonyl (C=O) groups excluding carboxylic acids is 1. The number of carboxylic acid groups (broad SMARTS) is 1. The molecule has 6 heteroatoms. The fraction of sp³-hybridized carbons (Fsp3) is 0.500. The second kappa shape index (κ2) is 5.29. The van der Waals surface area contributed by atoms with Gasteiger partial charge in [0.2, 0.25) is 0 Å². The molecular weight excluding hydrogens is 210 g/mol. The molecule has 2 N–H and O–H groups in total. The van der Waals surface area contributed by atoms with Crippen molar-refractivity contribution >= 4 is 11.9 Å². The van der Waals surface area contributed by atoms with E-state index in [0.717, 1.165) is 0 Å². The van der Waals surface area contributed by atoms with E-state index in [4.69, 9.17) is 5.11 Å². The van der Waals surface area contributed by atoms with Gasteiger partial charge in [-0.25, -0.2) is 4.98 Å². The highest BCUT2D eigenvalue weighted by Gasteiger charge is 2.20. The van der Waals surface area contributed by atoms with Crippen molar-refractivity contribution in [1.29, 1.82) is 0 Å². The van der Waals surface area contributed by atoms with Gasteiger partial charge in [-0.15, -0.1) is 0 Å². The highest BCUT2D eigenvalue weighted by atomic mass is 16.4. The normalized spacial score (nSPS) is 10.4. The maximum Gasteiger partial charge on any atom is 0.305 e. The van der Waals surface area contributed by atoms with Crippen LogP contribution in [0.2, 0.25) is 0 Å². The Hall–Kier alpha value is -1.85. The van der Waals surface area contributed by atoms with E-state index >= 15 is 0 Å². The first-order valence-corrected chi connectivity index (χ1v) is 5.03. The van der Waals surface area contributed by atoms with Crippen LogP contribution in [0.3, 0.4) is 0 Å². The monoisotopic (exact) mass is 225 g/mol. The van der Waals surface area contributed by atoms with Gasteiger partial charge < -0.3 is 15.0 Å². The van der Waals surface area contributed by atoms with Crippen molar-refractivity contribution in [2.75, 3.05) is 6.54 Å². The minimum Gasteiger partial charge on any atom is -0.481 e. The van der Waals surface area contributed by atoms with E-state index < -0.39 is 5.97 Å². The number of carbonyl (C=O) groups is 2. The predicted molar refractivity (Wildman–Crippen MR) is 57.0 cm³/mol. The number of hydrogen-bond donors (Lipinski definition) is 2. The average molecular weight is 225 g/mol. The molecule has 0 unspecified atom stereocenters. The van der Waals surface area contributed by atoms with Gasteiger partial charge >= 0.3 is 5.97 Å². The van der Waals surface area contributed by atoms with Crippen LogP contribution >= 0.6 is 0 Å². The van der Waals surface area contributed by atoms with Crippen LogP contribution in [-0.2, 0) is 4.79 Å². The Labute approximate surface area is 93.3 Å². The second-order valence-electron chi connectivity index (χ2n) is 3.70. The summed E-state index contributed by atoms with van der Waals surface area (Å²) < 4.78 is 0. The smallest absolute Gasteiger partial charge is 0.305 e. The van der Waals surface area contributed by atoms with Gasteiger partial charge in [-0.3, -0.25) is 9.59 Å². The van der Waals surface area contributed by atoms with Gasteiger partial charge in [0.25, 0.3) is 5.91 Å². The molecule has 16 heavy (non-hydrogen) atoms. The first-order valence-electron chi connectivity index (χ1n) is 5.03. The standard InChI is InChI=1S/C10H15N3O3/c1-7(2)13(4-3-9(14)15)10(16)8-5-11-6-12-8/h5-7H,3-4H2,1-2H3,(H,11,12)(H,14,15). The van der Waals surface area contributed by atoms with Crippen molar-refractivity contribution in [2.24, 2.45) is 0 Å². The lowest BCUT2D eigenvalue weighted by Gasteiger charge is -2.25. The van der Waals surface area contributed by atoms with E-state index in [9.17, 15) is 9.59 Å². The van der Waals surface area contributed by atoms with Crippen LogP contribution in [0, 0.1) is 0 Å². The zero-order valence-electron chi connectivity index (χ0n) is 9.30. The van der Waals surface area contributed by atoms with Crippen LogP contribution in [0.4, 0.5) is 0 Å². The summed E-state index contributed by atoms with van der Waals surface area (Å²) >= 11 is 0. The number of aliphatic carboxylic acids is 1. The summed E-state index contributed by atoms with van der Waals surface area (Å²) in [5.74, 6) is -1.14. The van der Waals surface area contributed by atoms with E-state index in [1.165, 1.54) is 17.4 Å². The van der Waals surface area contributed by atoms with Gasteiger partial charge in [0, 0.05) is 12.6 Å². The van der Waals surface area contributed by atoms with Gasteiger partial charge in [0.15, 0.2) is 0 Å². The number of nitrogens with one attached hydrogen (secondary N) is 1. The Morgan fingerprint density at radius 3 is 2.69 bits per heavy atom. The molecule has 0 aliphatic rings. The highest BCUT2D eigenvalue weighted by molar-refractivity contribution is 5.92. The summed E-state index contributed by atoms with van der Waals surface area (Å²) in [5.41, 5.74) is 0.374. The molecule has 0 fully saturated rings. The Morgan fingerprint density at radius 1 is 1.56 bits per heavy atom. The Balaban J connectivity index is 2.70. The molecule has 1 amide bonds. The van der Waals surface area contributed by atoms with Crippen molar-refractivity contribution in [2.45, 2.75) is 26.3 Å². The van der Waals surface area contributed by atoms with E-state index in [2.05, 4.69) is 9.97 Å². The quantitative estimate of drug-likeness (QED) is 0.773. The van der Waals surface area contributed by atoms with Gasteiger partial charge in [-0.05, 0) is 13.8 Å². The lowest BCUT2D eigenvalue weighted by Crippen LogP contribution is -2.38. The molecule has 0 spiro atoms. The Morgan fingerprint density at radius 2 is 2.25 bits per heavy atom. The van der Waals surface area contributed by atoms with Crippen molar-refractivity contribution in [3.05, 3.63) is 18.2 Å². The van der Waals surface area contributed by atoms with Crippen LogP contribution in [0.1, 0.15) is 30.8 Å². The molecule has 0 bridgehead atoms. The molecule has 0 aliphatic carbocycles. The summed E-state index contributed by atoms with van der Waals surface area (Å²) in [6.07, 6.45) is 2.79. The van der Waals surface area contributed by atoms with Crippen molar-refractivity contribution < 1.29 is 14.7 Å². The minimum atomic E-state index is -0.914. The molecule has 0 radical (unpaired) electrons. The molecule has 0 atom stereocenters. The summed E-state index contributed by atoms with van der Waals surface area (Å²) in [5, 5.41) is 8.60. The maximum absolute atomic E-state index is 11.9. The number of aromatic amines is 1. The van der Waals surface area contributed by atoms with Crippen molar-refractivity contribution in [3.63, 3.8) is 0 Å². The van der Waals surface area contributed by atoms with Crippen LogP contribution in [0.5, 0.6) is 0 Å². The molecule has 1 rings (SSSR count). The number of aromatic nitrogens is 2. The first kappa shape index (κ1) is 12.2. The molecule has 0 aliphatic heterocycles. The SMILES string of the molecule is CC(C)N(CCC(=O)O)C(=O)c1cnc[nH]1. The summed E-state index contributed by atoms with van der Waals surface area (Å²) in [6.45, 7) is 3.89. The third-order valence-electron chi connectivity index (χ3n) is 2.18. The third kappa shape index (κ3) is 3.08. The van der Waals surface area contributed by atoms with E-state index in [0.29, 0.717) is 5.69 Å². The average Bonchev–Trinajstić information content (AvgIpc) is 2.69. The molecule has 6 nitrogen and oxygen atoms in total. The number of imidazole rings is 1. The topological polar surface area (TPSA) is 86.3 Å². The third-order valence-corrected chi connectivity index (χ3v) is 2.18. The van der Waals surface area contributed by atoms with E-state index in [1.807, 2.05) is 13.8 Å². The zero-order valence-corrected chi connectivity index (χ0v) is 9.30. The number of rotatable bonds is 5. The molecule has 88 valence electrons. The van der Waals surface area contributed by atoms with Crippen LogP contribution in [0.15, 0.2) is 12.5 Å².